The molecule has 2 heterocycles. The summed E-state index contributed by atoms with van der Waals surface area (Å²) < 4.78 is 22.6. The van der Waals surface area contributed by atoms with Crippen LogP contribution in [0.1, 0.15) is 17.8 Å². The number of aryl methyl sites for hydroxylation is 1. The average molecular weight is 319 g/mol. The minimum Gasteiger partial charge on any atom is -0.352 e. The number of carbonyl (C=O) groups excluding carboxylic acids is 1. The molecule has 0 bridgehead atoms. The van der Waals surface area contributed by atoms with Crippen LogP contribution in [0.3, 0.4) is 0 Å². The molecule has 1 aromatic carbocycles. The fraction of sp³-hybridized carbons (Fsp3) is 0.333. The van der Waals surface area contributed by atoms with Gasteiger partial charge in [0, 0.05) is 24.3 Å². The van der Waals surface area contributed by atoms with E-state index in [9.17, 15) is 13.2 Å². The van der Waals surface area contributed by atoms with E-state index in [4.69, 9.17) is 0 Å². The summed E-state index contributed by atoms with van der Waals surface area (Å²) in [5, 5.41) is 4.02. The summed E-state index contributed by atoms with van der Waals surface area (Å²) in [5.41, 5.74) is 2.81. The number of aromatic amines is 1. The molecule has 1 amide bonds. The van der Waals surface area contributed by atoms with Crippen molar-refractivity contribution in [3.63, 3.8) is 0 Å². The lowest BCUT2D eigenvalue weighted by Crippen LogP contribution is -2.25. The van der Waals surface area contributed by atoms with Crippen LogP contribution in [0.5, 0.6) is 0 Å². The predicted molar refractivity (Wildman–Crippen MR) is 83.7 cm³/mol. The SMILES string of the molecule is Cc1nc2ccc(CNC(=O)CC3C=CS(=O)(=O)C3)cc2[nH]1. The number of hydrogen-bond acceptors (Lipinski definition) is 4. The zero-order chi connectivity index (χ0) is 15.7. The van der Waals surface area contributed by atoms with E-state index in [0.717, 1.165) is 22.4 Å². The average Bonchev–Trinajstić information content (AvgIpc) is 2.97. The number of benzene rings is 1. The molecule has 6 nitrogen and oxygen atoms in total. The van der Waals surface area contributed by atoms with Crippen molar-refractivity contribution in [1.29, 1.82) is 0 Å². The van der Waals surface area contributed by atoms with Crippen molar-refractivity contribution in [1.82, 2.24) is 15.3 Å². The number of aromatic nitrogens is 2. The molecular weight excluding hydrogens is 302 g/mol. The number of hydrogen-bond donors (Lipinski definition) is 2. The van der Waals surface area contributed by atoms with E-state index in [0.29, 0.717) is 6.54 Å². The summed E-state index contributed by atoms with van der Waals surface area (Å²) in [5.74, 6) is 0.514. The van der Waals surface area contributed by atoms with E-state index in [1.165, 1.54) is 5.41 Å². The maximum Gasteiger partial charge on any atom is 0.220 e. The Morgan fingerprint density at radius 2 is 2.27 bits per heavy atom. The van der Waals surface area contributed by atoms with Crippen LogP contribution < -0.4 is 5.32 Å². The number of fused-ring (bicyclic) bond motifs is 1. The Hall–Kier alpha value is -2.15. The number of H-pyrrole nitrogens is 1. The lowest BCUT2D eigenvalue weighted by atomic mass is 10.1. The Bertz CT molecular complexity index is 852. The van der Waals surface area contributed by atoms with Crippen LogP contribution in [-0.4, -0.2) is 30.0 Å². The third-order valence-electron chi connectivity index (χ3n) is 3.61. The van der Waals surface area contributed by atoms with Gasteiger partial charge in [-0.2, -0.15) is 0 Å². The first-order valence-corrected chi connectivity index (χ1v) is 8.76. The van der Waals surface area contributed by atoms with E-state index in [1.807, 2.05) is 25.1 Å². The van der Waals surface area contributed by atoms with Gasteiger partial charge in [-0.25, -0.2) is 13.4 Å². The van der Waals surface area contributed by atoms with Crippen LogP contribution >= 0.6 is 0 Å². The van der Waals surface area contributed by atoms with E-state index in [-0.39, 0.29) is 24.0 Å². The molecule has 0 aliphatic carbocycles. The van der Waals surface area contributed by atoms with Gasteiger partial charge in [0.1, 0.15) is 5.82 Å². The van der Waals surface area contributed by atoms with Gasteiger partial charge in [0.2, 0.25) is 5.91 Å². The summed E-state index contributed by atoms with van der Waals surface area (Å²) in [6, 6.07) is 5.78. The molecule has 1 aliphatic rings. The van der Waals surface area contributed by atoms with Gasteiger partial charge >= 0.3 is 0 Å². The molecule has 22 heavy (non-hydrogen) atoms. The number of rotatable bonds is 4. The van der Waals surface area contributed by atoms with Gasteiger partial charge in [-0.3, -0.25) is 4.79 Å². The molecular formula is C15H17N3O3S. The van der Waals surface area contributed by atoms with E-state index < -0.39 is 9.84 Å². The largest absolute Gasteiger partial charge is 0.352 e. The second kappa shape index (κ2) is 5.57. The fourth-order valence-corrected chi connectivity index (χ4v) is 3.97. The standard InChI is InChI=1S/C15H17N3O3S/c1-10-17-13-3-2-11(6-14(13)18-10)8-16-15(19)7-12-4-5-22(20,21)9-12/h2-6,12H,7-9H2,1H3,(H,16,19)(H,17,18). The van der Waals surface area contributed by atoms with Gasteiger partial charge in [0.05, 0.1) is 16.8 Å². The van der Waals surface area contributed by atoms with Crippen molar-refractivity contribution < 1.29 is 13.2 Å². The fourth-order valence-electron chi connectivity index (χ4n) is 2.57. The summed E-state index contributed by atoms with van der Waals surface area (Å²) >= 11 is 0. The number of nitrogens with zero attached hydrogens (tertiary/aromatic N) is 1. The topological polar surface area (TPSA) is 91.9 Å². The third kappa shape index (κ3) is 3.36. The number of amides is 1. The molecule has 1 unspecified atom stereocenters. The molecule has 0 spiro atoms. The molecule has 2 aromatic rings. The first-order chi connectivity index (χ1) is 10.4. The molecule has 116 valence electrons. The normalized spacial score (nSPS) is 19.6. The highest BCUT2D eigenvalue weighted by Gasteiger charge is 2.23. The highest BCUT2D eigenvalue weighted by atomic mass is 32.2. The van der Waals surface area contributed by atoms with Gasteiger partial charge in [-0.15, -0.1) is 0 Å². The maximum atomic E-state index is 11.9. The van der Waals surface area contributed by atoms with E-state index >= 15 is 0 Å². The lowest BCUT2D eigenvalue weighted by molar-refractivity contribution is -0.121. The smallest absolute Gasteiger partial charge is 0.220 e. The van der Waals surface area contributed by atoms with Crippen molar-refractivity contribution in [2.45, 2.75) is 19.9 Å². The molecule has 1 aliphatic heterocycles. The number of nitrogens with one attached hydrogen (secondary N) is 2. The van der Waals surface area contributed by atoms with Gasteiger partial charge in [-0.1, -0.05) is 12.1 Å². The number of allylic oxidation sites excluding steroid dienone is 1. The first kappa shape index (κ1) is 14.8. The van der Waals surface area contributed by atoms with Crippen molar-refractivity contribution >= 4 is 26.8 Å². The van der Waals surface area contributed by atoms with Gasteiger partial charge in [0.25, 0.3) is 0 Å². The second-order valence-electron chi connectivity index (χ2n) is 5.57. The first-order valence-electron chi connectivity index (χ1n) is 7.04. The molecule has 0 saturated heterocycles. The van der Waals surface area contributed by atoms with Crippen molar-refractivity contribution in [3.05, 3.63) is 41.1 Å². The summed E-state index contributed by atoms with van der Waals surface area (Å²) in [4.78, 5) is 19.4. The molecule has 0 radical (unpaired) electrons. The highest BCUT2D eigenvalue weighted by molar-refractivity contribution is 7.94. The third-order valence-corrected chi connectivity index (χ3v) is 5.07. The zero-order valence-electron chi connectivity index (χ0n) is 12.2. The van der Waals surface area contributed by atoms with Gasteiger partial charge in [-0.05, 0) is 24.6 Å². The summed E-state index contributed by atoms with van der Waals surface area (Å²) in [7, 11) is -3.10. The van der Waals surface area contributed by atoms with E-state index in [2.05, 4.69) is 15.3 Å². The molecule has 0 saturated carbocycles. The minimum absolute atomic E-state index is 0.0276. The highest BCUT2D eigenvalue weighted by Crippen LogP contribution is 2.18. The summed E-state index contributed by atoms with van der Waals surface area (Å²) in [6.45, 7) is 2.31. The number of carbonyl (C=O) groups is 1. The van der Waals surface area contributed by atoms with Crippen molar-refractivity contribution in [2.75, 3.05) is 5.75 Å². The van der Waals surface area contributed by atoms with Crippen LogP contribution in [0.2, 0.25) is 0 Å². The Labute approximate surface area is 128 Å². The van der Waals surface area contributed by atoms with Crippen LogP contribution in [-0.2, 0) is 21.2 Å². The zero-order valence-corrected chi connectivity index (χ0v) is 13.0. The molecule has 1 atom stereocenters. The molecule has 2 N–H and O–H groups in total. The van der Waals surface area contributed by atoms with Crippen LogP contribution in [0.15, 0.2) is 29.7 Å². The van der Waals surface area contributed by atoms with Crippen LogP contribution in [0.4, 0.5) is 0 Å². The Balaban J connectivity index is 1.57. The van der Waals surface area contributed by atoms with Crippen molar-refractivity contribution in [2.24, 2.45) is 5.92 Å². The molecule has 3 rings (SSSR count). The Kier molecular flexibility index (Phi) is 3.74. The predicted octanol–water partition coefficient (Wildman–Crippen LogP) is 1.44. The minimum atomic E-state index is -3.10. The van der Waals surface area contributed by atoms with E-state index in [1.54, 1.807) is 6.08 Å². The quantitative estimate of drug-likeness (QED) is 0.892. The maximum absolute atomic E-state index is 11.9. The van der Waals surface area contributed by atoms with Crippen LogP contribution in [0, 0.1) is 12.8 Å². The Morgan fingerprint density at radius 3 is 3.00 bits per heavy atom. The number of imidazole rings is 1. The lowest BCUT2D eigenvalue weighted by Gasteiger charge is -2.08. The monoisotopic (exact) mass is 319 g/mol. The second-order valence-corrected chi connectivity index (χ2v) is 7.50. The number of sulfone groups is 1. The summed E-state index contributed by atoms with van der Waals surface area (Å²) in [6.07, 6.45) is 1.79. The van der Waals surface area contributed by atoms with Gasteiger partial charge in [0.15, 0.2) is 9.84 Å². The van der Waals surface area contributed by atoms with Gasteiger partial charge < -0.3 is 10.3 Å². The van der Waals surface area contributed by atoms with Crippen LogP contribution in [0.25, 0.3) is 11.0 Å². The molecule has 0 fully saturated rings. The Morgan fingerprint density at radius 1 is 1.45 bits per heavy atom. The van der Waals surface area contributed by atoms with Crippen molar-refractivity contribution in [3.8, 4) is 0 Å². The molecule has 1 aromatic heterocycles. The molecule has 7 heteroatoms.